The van der Waals surface area contributed by atoms with Crippen molar-refractivity contribution >= 4 is 29.2 Å². The molecule has 0 aromatic carbocycles. The van der Waals surface area contributed by atoms with Crippen molar-refractivity contribution in [2.24, 2.45) is 0 Å². The molecule has 0 aromatic heterocycles. The third kappa shape index (κ3) is 32.3. The lowest BCUT2D eigenvalue weighted by Gasteiger charge is -1.96. The maximum absolute atomic E-state index is 10.1. The first-order valence-electron chi connectivity index (χ1n) is 3.92. The summed E-state index contributed by atoms with van der Waals surface area (Å²) in [7, 11) is 0. The average molecular weight is 215 g/mol. The molecule has 0 aliphatic heterocycles. The summed E-state index contributed by atoms with van der Waals surface area (Å²) in [5.41, 5.74) is 0. The average Bonchev–Trinajstić information content (AvgIpc) is 1.86. The lowest BCUT2D eigenvalue weighted by Crippen LogP contribution is -1.99. The number of alkyl halides is 2. The van der Waals surface area contributed by atoms with Crippen LogP contribution < -0.4 is 0 Å². The molecular formula is C8H16Cl2O2. The number of hydrogen-bond donors (Lipinski definition) is 0. The molecule has 0 atom stereocenters. The van der Waals surface area contributed by atoms with Crippen molar-refractivity contribution in [3.05, 3.63) is 0 Å². The highest BCUT2D eigenvalue weighted by molar-refractivity contribution is 6.43. The molecule has 0 radical (unpaired) electrons. The van der Waals surface area contributed by atoms with E-state index in [1.165, 1.54) is 6.92 Å². The van der Waals surface area contributed by atoms with Crippen LogP contribution in [0, 0.1) is 0 Å². The molecule has 0 bridgehead atoms. The third-order valence-corrected chi connectivity index (χ3v) is 0.803. The lowest BCUT2D eigenvalue weighted by molar-refractivity contribution is -0.141. The number of esters is 1. The Hall–Kier alpha value is 0.0500. The molecule has 0 rings (SSSR count). The summed E-state index contributed by atoms with van der Waals surface area (Å²) < 4.78 is 4.64. The Morgan fingerprint density at radius 2 is 1.92 bits per heavy atom. The maximum atomic E-state index is 10.1. The largest absolute Gasteiger partial charge is 0.466 e. The van der Waals surface area contributed by atoms with Gasteiger partial charge in [-0.1, -0.05) is 13.3 Å². The van der Waals surface area contributed by atoms with E-state index in [4.69, 9.17) is 23.2 Å². The van der Waals surface area contributed by atoms with Crippen LogP contribution in [0.1, 0.15) is 33.6 Å². The SMILES string of the molecule is CC(Cl)Cl.CCCCOC(C)=O. The van der Waals surface area contributed by atoms with E-state index in [1.807, 2.05) is 0 Å². The molecule has 0 amide bonds. The van der Waals surface area contributed by atoms with Gasteiger partial charge in [0.1, 0.15) is 4.84 Å². The van der Waals surface area contributed by atoms with E-state index in [9.17, 15) is 4.79 Å². The first-order valence-corrected chi connectivity index (χ1v) is 4.79. The van der Waals surface area contributed by atoms with Crippen LogP contribution in [0.2, 0.25) is 0 Å². The molecule has 0 aliphatic rings. The minimum Gasteiger partial charge on any atom is -0.466 e. The van der Waals surface area contributed by atoms with Gasteiger partial charge in [0.15, 0.2) is 0 Å². The van der Waals surface area contributed by atoms with Crippen LogP contribution in [0.15, 0.2) is 0 Å². The number of unbranched alkanes of at least 4 members (excludes halogenated alkanes) is 1. The van der Waals surface area contributed by atoms with Gasteiger partial charge in [-0.05, 0) is 13.3 Å². The van der Waals surface area contributed by atoms with Crippen LogP contribution in [-0.4, -0.2) is 17.4 Å². The molecule has 0 unspecified atom stereocenters. The molecule has 74 valence electrons. The summed E-state index contributed by atoms with van der Waals surface area (Å²) in [5, 5.41) is 0. The zero-order valence-electron chi connectivity index (χ0n) is 7.77. The monoisotopic (exact) mass is 214 g/mol. The van der Waals surface area contributed by atoms with Crippen LogP contribution in [0.3, 0.4) is 0 Å². The summed E-state index contributed by atoms with van der Waals surface area (Å²) in [6, 6.07) is 0. The molecule has 4 heteroatoms. The summed E-state index contributed by atoms with van der Waals surface area (Å²) in [6.07, 6.45) is 2.05. The van der Waals surface area contributed by atoms with Crippen molar-refractivity contribution in [2.75, 3.05) is 6.61 Å². The Balaban J connectivity index is 0. The fourth-order valence-electron chi connectivity index (χ4n) is 0.360. The number of carbonyl (C=O) groups is 1. The zero-order chi connectivity index (χ0) is 9.98. The maximum Gasteiger partial charge on any atom is 0.302 e. The molecule has 0 fully saturated rings. The number of carbonyl (C=O) groups excluding carboxylic acids is 1. The van der Waals surface area contributed by atoms with E-state index in [1.54, 1.807) is 6.92 Å². The summed E-state index contributed by atoms with van der Waals surface area (Å²) in [6.45, 7) is 5.76. The van der Waals surface area contributed by atoms with Crippen molar-refractivity contribution in [1.29, 1.82) is 0 Å². The Morgan fingerprint density at radius 3 is 2.17 bits per heavy atom. The smallest absolute Gasteiger partial charge is 0.302 e. The second-order valence-corrected chi connectivity index (χ2v) is 3.75. The van der Waals surface area contributed by atoms with E-state index in [-0.39, 0.29) is 10.8 Å². The van der Waals surface area contributed by atoms with Crippen molar-refractivity contribution in [1.82, 2.24) is 0 Å². The Bertz CT molecular complexity index is 102. The normalized spacial score (nSPS) is 8.83. The standard InChI is InChI=1S/C6H12O2.C2H4Cl2/c1-3-4-5-8-6(2)7;1-2(3)4/h3-5H2,1-2H3;2H,1H3. The molecule has 0 aromatic rings. The minimum absolute atomic E-state index is 0.182. The second kappa shape index (κ2) is 11.1. The molecule has 2 nitrogen and oxygen atoms in total. The molecular weight excluding hydrogens is 199 g/mol. The van der Waals surface area contributed by atoms with E-state index >= 15 is 0 Å². The van der Waals surface area contributed by atoms with Gasteiger partial charge in [-0.25, -0.2) is 0 Å². The molecule has 0 spiro atoms. The number of rotatable bonds is 3. The van der Waals surface area contributed by atoms with Crippen molar-refractivity contribution < 1.29 is 9.53 Å². The van der Waals surface area contributed by atoms with E-state index in [0.717, 1.165) is 12.8 Å². The number of ether oxygens (including phenoxy) is 1. The number of halogens is 2. The quantitative estimate of drug-likeness (QED) is 0.410. The lowest BCUT2D eigenvalue weighted by atomic mass is 10.4. The van der Waals surface area contributed by atoms with Gasteiger partial charge in [0.05, 0.1) is 6.61 Å². The molecule has 0 saturated carbocycles. The van der Waals surface area contributed by atoms with Gasteiger partial charge in [-0.2, -0.15) is 0 Å². The van der Waals surface area contributed by atoms with Gasteiger partial charge in [0, 0.05) is 6.92 Å². The van der Waals surface area contributed by atoms with Crippen LogP contribution in [0.5, 0.6) is 0 Å². The molecule has 12 heavy (non-hydrogen) atoms. The fraction of sp³-hybridized carbons (Fsp3) is 0.875. The third-order valence-electron chi connectivity index (χ3n) is 0.803. The molecule has 0 N–H and O–H groups in total. The van der Waals surface area contributed by atoms with Crippen LogP contribution >= 0.6 is 23.2 Å². The highest BCUT2D eigenvalue weighted by Gasteiger charge is 1.88. The summed E-state index contributed by atoms with van der Waals surface area (Å²) in [5.74, 6) is -0.182. The highest BCUT2D eigenvalue weighted by Crippen LogP contribution is 1.95. The van der Waals surface area contributed by atoms with Crippen molar-refractivity contribution in [3.63, 3.8) is 0 Å². The zero-order valence-corrected chi connectivity index (χ0v) is 9.28. The van der Waals surface area contributed by atoms with Gasteiger partial charge in [-0.15, -0.1) is 23.2 Å². The number of hydrogen-bond acceptors (Lipinski definition) is 2. The first kappa shape index (κ1) is 14.6. The van der Waals surface area contributed by atoms with Crippen molar-refractivity contribution in [2.45, 2.75) is 38.4 Å². The van der Waals surface area contributed by atoms with E-state index < -0.39 is 0 Å². The topological polar surface area (TPSA) is 26.3 Å². The summed E-state index contributed by atoms with van der Waals surface area (Å²) in [4.78, 5) is 9.87. The van der Waals surface area contributed by atoms with Crippen LogP contribution in [-0.2, 0) is 9.53 Å². The van der Waals surface area contributed by atoms with Crippen molar-refractivity contribution in [3.8, 4) is 0 Å². The Morgan fingerprint density at radius 1 is 1.50 bits per heavy atom. The molecule has 0 aliphatic carbocycles. The van der Waals surface area contributed by atoms with E-state index in [0.29, 0.717) is 6.61 Å². The minimum atomic E-state index is -0.222. The van der Waals surface area contributed by atoms with Gasteiger partial charge < -0.3 is 4.74 Å². The fourth-order valence-corrected chi connectivity index (χ4v) is 0.360. The highest BCUT2D eigenvalue weighted by atomic mass is 35.5. The first-order chi connectivity index (χ1) is 5.50. The molecule has 0 saturated heterocycles. The van der Waals surface area contributed by atoms with Gasteiger partial charge >= 0.3 is 5.97 Å². The van der Waals surface area contributed by atoms with Crippen LogP contribution in [0.4, 0.5) is 0 Å². The van der Waals surface area contributed by atoms with Crippen LogP contribution in [0.25, 0.3) is 0 Å². The molecule has 0 heterocycles. The van der Waals surface area contributed by atoms with Gasteiger partial charge in [0.25, 0.3) is 0 Å². The Labute approximate surface area is 84.2 Å². The summed E-state index contributed by atoms with van der Waals surface area (Å²) >= 11 is 10.1. The van der Waals surface area contributed by atoms with Gasteiger partial charge in [0.2, 0.25) is 0 Å². The predicted octanol–water partition coefficient (Wildman–Crippen LogP) is 3.16. The Kier molecular flexibility index (Phi) is 13.4. The van der Waals surface area contributed by atoms with E-state index in [2.05, 4.69) is 11.7 Å². The van der Waals surface area contributed by atoms with Gasteiger partial charge in [-0.3, -0.25) is 4.79 Å². The second-order valence-electron chi connectivity index (χ2n) is 2.21. The predicted molar refractivity (Wildman–Crippen MR) is 52.7 cm³/mol.